The molecule has 0 aliphatic carbocycles. The molecule has 0 bridgehead atoms. The number of benzene rings is 3. The van der Waals surface area contributed by atoms with Crippen LogP contribution in [0.3, 0.4) is 0 Å². The molecule has 116 valence electrons. The average molecular weight is 310 g/mol. The zero-order valence-corrected chi connectivity index (χ0v) is 13.3. The summed E-state index contributed by atoms with van der Waals surface area (Å²) < 4.78 is 0. The summed E-state index contributed by atoms with van der Waals surface area (Å²) in [5.41, 5.74) is 5.81. The molecule has 2 heteroatoms. The lowest BCUT2D eigenvalue weighted by molar-refractivity contribution is 1.14. The molecule has 0 aliphatic rings. The number of hydrogen-bond donors (Lipinski definition) is 1. The van der Waals surface area contributed by atoms with Crippen molar-refractivity contribution in [1.82, 2.24) is 4.98 Å². The van der Waals surface area contributed by atoms with Crippen LogP contribution in [0.4, 0.5) is 5.69 Å². The molecule has 24 heavy (non-hydrogen) atoms. The molecule has 0 radical (unpaired) electrons. The lowest BCUT2D eigenvalue weighted by atomic mass is 10.0. The van der Waals surface area contributed by atoms with E-state index in [1.807, 2.05) is 30.5 Å². The van der Waals surface area contributed by atoms with Crippen LogP contribution >= 0.6 is 0 Å². The molecule has 0 saturated heterocycles. The number of para-hydroxylation sites is 1. The van der Waals surface area contributed by atoms with E-state index in [9.17, 15) is 0 Å². The Labute approximate surface area is 141 Å². The Hall–Kier alpha value is -3.13. The number of pyridine rings is 1. The Kier molecular flexibility index (Phi) is 3.95. The molecule has 2 nitrogen and oxygen atoms in total. The second kappa shape index (κ2) is 6.55. The van der Waals surface area contributed by atoms with Crippen LogP contribution in [0.5, 0.6) is 0 Å². The van der Waals surface area contributed by atoms with E-state index >= 15 is 0 Å². The van der Waals surface area contributed by atoms with Gasteiger partial charge < -0.3 is 5.32 Å². The molecule has 4 aromatic rings. The first kappa shape index (κ1) is 14.5. The number of rotatable bonds is 4. The van der Waals surface area contributed by atoms with E-state index in [4.69, 9.17) is 0 Å². The van der Waals surface area contributed by atoms with Crippen LogP contribution < -0.4 is 5.32 Å². The second-order valence-electron chi connectivity index (χ2n) is 5.83. The van der Waals surface area contributed by atoms with Crippen LogP contribution in [0.1, 0.15) is 5.56 Å². The molecule has 4 rings (SSSR count). The summed E-state index contributed by atoms with van der Waals surface area (Å²) in [6.45, 7) is 0.787. The van der Waals surface area contributed by atoms with E-state index in [2.05, 4.69) is 71.0 Å². The zero-order chi connectivity index (χ0) is 16.2. The molecule has 0 aliphatic heterocycles. The summed E-state index contributed by atoms with van der Waals surface area (Å²) in [6, 6.07) is 29.4. The lowest BCUT2D eigenvalue weighted by Gasteiger charge is -2.08. The monoisotopic (exact) mass is 310 g/mol. The van der Waals surface area contributed by atoms with Crippen molar-refractivity contribution >= 4 is 16.6 Å². The number of fused-ring (bicyclic) bond motifs is 1. The number of hydrogen-bond acceptors (Lipinski definition) is 2. The highest BCUT2D eigenvalue weighted by molar-refractivity contribution is 5.81. The van der Waals surface area contributed by atoms with Gasteiger partial charge in [0.2, 0.25) is 0 Å². The van der Waals surface area contributed by atoms with Crippen LogP contribution in [-0.4, -0.2) is 4.98 Å². The minimum absolute atomic E-state index is 0.787. The van der Waals surface area contributed by atoms with Crippen molar-refractivity contribution in [3.8, 4) is 11.1 Å². The SMILES string of the molecule is c1ccc(-c2ccc(CNc3cnc4ccccc4c3)cc2)cc1. The van der Waals surface area contributed by atoms with Crippen molar-refractivity contribution in [2.24, 2.45) is 0 Å². The Bertz CT molecular complexity index is 944. The number of aromatic nitrogens is 1. The Morgan fingerprint density at radius 2 is 1.42 bits per heavy atom. The van der Waals surface area contributed by atoms with E-state index in [1.54, 1.807) is 0 Å². The molecule has 0 fully saturated rings. The molecule has 0 spiro atoms. The topological polar surface area (TPSA) is 24.9 Å². The van der Waals surface area contributed by atoms with E-state index < -0.39 is 0 Å². The minimum atomic E-state index is 0.787. The maximum Gasteiger partial charge on any atom is 0.0703 e. The smallest absolute Gasteiger partial charge is 0.0703 e. The summed E-state index contributed by atoms with van der Waals surface area (Å²) in [5.74, 6) is 0. The average Bonchev–Trinajstić information content (AvgIpc) is 2.67. The minimum Gasteiger partial charge on any atom is -0.380 e. The van der Waals surface area contributed by atoms with Gasteiger partial charge in [0.1, 0.15) is 0 Å². The van der Waals surface area contributed by atoms with Crippen molar-refractivity contribution in [1.29, 1.82) is 0 Å². The number of nitrogens with one attached hydrogen (secondary N) is 1. The van der Waals surface area contributed by atoms with Gasteiger partial charge in [-0.25, -0.2) is 0 Å². The van der Waals surface area contributed by atoms with Gasteiger partial charge in [-0.15, -0.1) is 0 Å². The molecule has 0 atom stereocenters. The zero-order valence-electron chi connectivity index (χ0n) is 13.3. The summed E-state index contributed by atoms with van der Waals surface area (Å²) in [4.78, 5) is 4.48. The normalized spacial score (nSPS) is 10.7. The van der Waals surface area contributed by atoms with Gasteiger partial charge in [-0.3, -0.25) is 4.98 Å². The summed E-state index contributed by atoms with van der Waals surface area (Å²) in [6.07, 6.45) is 1.89. The van der Waals surface area contributed by atoms with Crippen molar-refractivity contribution in [2.45, 2.75) is 6.54 Å². The molecule has 1 N–H and O–H groups in total. The van der Waals surface area contributed by atoms with Gasteiger partial charge in [0.05, 0.1) is 17.4 Å². The third kappa shape index (κ3) is 3.13. The number of nitrogens with zero attached hydrogens (tertiary/aromatic N) is 1. The van der Waals surface area contributed by atoms with Crippen LogP contribution in [0.2, 0.25) is 0 Å². The molecule has 0 unspecified atom stereocenters. The maximum absolute atomic E-state index is 4.48. The first-order valence-electron chi connectivity index (χ1n) is 8.11. The van der Waals surface area contributed by atoms with Crippen molar-refractivity contribution in [3.63, 3.8) is 0 Å². The fourth-order valence-corrected chi connectivity index (χ4v) is 2.82. The molecule has 1 aromatic heterocycles. The standard InChI is InChI=1S/C22H18N2/c1-2-6-18(7-3-1)19-12-10-17(11-13-19)15-23-21-14-20-8-4-5-9-22(20)24-16-21/h1-14,16,23H,15H2. The fourth-order valence-electron chi connectivity index (χ4n) is 2.82. The predicted molar refractivity (Wildman–Crippen MR) is 101 cm³/mol. The van der Waals surface area contributed by atoms with Gasteiger partial charge in [-0.05, 0) is 28.8 Å². The Morgan fingerprint density at radius 3 is 2.25 bits per heavy atom. The molecular weight excluding hydrogens is 292 g/mol. The van der Waals surface area contributed by atoms with Gasteiger partial charge >= 0.3 is 0 Å². The first-order valence-corrected chi connectivity index (χ1v) is 8.11. The molecular formula is C22H18N2. The fraction of sp³-hybridized carbons (Fsp3) is 0.0455. The van der Waals surface area contributed by atoms with Crippen LogP contribution in [0.15, 0.2) is 91.1 Å². The molecule has 1 heterocycles. The van der Waals surface area contributed by atoms with Crippen molar-refractivity contribution < 1.29 is 0 Å². The molecule has 0 amide bonds. The van der Waals surface area contributed by atoms with Crippen molar-refractivity contribution in [3.05, 3.63) is 96.7 Å². The Morgan fingerprint density at radius 1 is 0.708 bits per heavy atom. The van der Waals surface area contributed by atoms with E-state index in [0.717, 1.165) is 23.1 Å². The largest absolute Gasteiger partial charge is 0.380 e. The predicted octanol–water partition coefficient (Wildman–Crippen LogP) is 5.51. The lowest BCUT2D eigenvalue weighted by Crippen LogP contribution is -1.99. The third-order valence-electron chi connectivity index (χ3n) is 4.15. The third-order valence-corrected chi connectivity index (χ3v) is 4.15. The van der Waals surface area contributed by atoms with Gasteiger partial charge in [-0.2, -0.15) is 0 Å². The number of anilines is 1. The van der Waals surface area contributed by atoms with Gasteiger partial charge in [0.15, 0.2) is 0 Å². The van der Waals surface area contributed by atoms with Crippen LogP contribution in [-0.2, 0) is 6.54 Å². The van der Waals surface area contributed by atoms with Crippen LogP contribution in [0.25, 0.3) is 22.0 Å². The van der Waals surface area contributed by atoms with E-state index in [1.165, 1.54) is 16.7 Å². The quantitative estimate of drug-likeness (QED) is 0.537. The highest BCUT2D eigenvalue weighted by atomic mass is 14.9. The molecule has 3 aromatic carbocycles. The highest BCUT2D eigenvalue weighted by Gasteiger charge is 2.00. The van der Waals surface area contributed by atoms with Gasteiger partial charge in [0, 0.05) is 11.9 Å². The second-order valence-corrected chi connectivity index (χ2v) is 5.83. The van der Waals surface area contributed by atoms with E-state index in [-0.39, 0.29) is 0 Å². The Balaban J connectivity index is 1.47. The van der Waals surface area contributed by atoms with Gasteiger partial charge in [-0.1, -0.05) is 72.8 Å². The van der Waals surface area contributed by atoms with E-state index in [0.29, 0.717) is 0 Å². The van der Waals surface area contributed by atoms with Crippen molar-refractivity contribution in [2.75, 3.05) is 5.32 Å². The maximum atomic E-state index is 4.48. The first-order chi connectivity index (χ1) is 11.9. The molecule has 0 saturated carbocycles. The van der Waals surface area contributed by atoms with Crippen LogP contribution in [0, 0.1) is 0 Å². The summed E-state index contributed by atoms with van der Waals surface area (Å²) >= 11 is 0. The summed E-state index contributed by atoms with van der Waals surface area (Å²) in [7, 11) is 0. The summed E-state index contributed by atoms with van der Waals surface area (Å²) in [5, 5.41) is 4.60. The highest BCUT2D eigenvalue weighted by Crippen LogP contribution is 2.20. The van der Waals surface area contributed by atoms with Gasteiger partial charge in [0.25, 0.3) is 0 Å².